The molecular formula is C18H25N3O4. The number of ether oxygens (including phenoxy) is 2. The molecule has 7 heteroatoms. The molecular weight excluding hydrogens is 322 g/mol. The van der Waals surface area contributed by atoms with Crippen molar-refractivity contribution in [3.8, 4) is 0 Å². The molecule has 0 radical (unpaired) electrons. The average molecular weight is 347 g/mol. The molecule has 3 atom stereocenters. The molecule has 1 aliphatic rings. The van der Waals surface area contributed by atoms with E-state index in [-0.39, 0.29) is 18.8 Å². The molecule has 0 saturated heterocycles. The molecule has 0 bridgehead atoms. The molecule has 0 aliphatic heterocycles. The smallest absolute Gasteiger partial charge is 0.341 e. The molecule has 0 amide bonds. The largest absolute Gasteiger partial charge is 0.460 e. The molecule has 3 rings (SSSR count). The predicted octanol–water partition coefficient (Wildman–Crippen LogP) is 2.33. The van der Waals surface area contributed by atoms with Crippen molar-refractivity contribution in [2.24, 2.45) is 5.92 Å². The van der Waals surface area contributed by atoms with Crippen molar-refractivity contribution in [2.45, 2.75) is 38.3 Å². The van der Waals surface area contributed by atoms with Crippen LogP contribution in [0.3, 0.4) is 0 Å². The summed E-state index contributed by atoms with van der Waals surface area (Å²) in [6, 6.07) is 2.09. The number of carbonyl (C=O) groups is 1. The van der Waals surface area contributed by atoms with Gasteiger partial charge in [0.1, 0.15) is 17.8 Å². The van der Waals surface area contributed by atoms with E-state index >= 15 is 0 Å². The lowest BCUT2D eigenvalue weighted by molar-refractivity contribution is 0.0388. The number of H-pyrrole nitrogens is 1. The summed E-state index contributed by atoms with van der Waals surface area (Å²) >= 11 is 0. The lowest BCUT2D eigenvalue weighted by Gasteiger charge is -2.33. The van der Waals surface area contributed by atoms with E-state index in [1.54, 1.807) is 19.5 Å². The maximum Gasteiger partial charge on any atom is 0.341 e. The summed E-state index contributed by atoms with van der Waals surface area (Å²) in [5.74, 6) is -0.109. The van der Waals surface area contributed by atoms with Gasteiger partial charge in [0.2, 0.25) is 0 Å². The van der Waals surface area contributed by atoms with Crippen molar-refractivity contribution < 1.29 is 19.4 Å². The van der Waals surface area contributed by atoms with Crippen LogP contribution in [0.15, 0.2) is 18.5 Å². The average Bonchev–Trinajstić information content (AvgIpc) is 3.06. The van der Waals surface area contributed by atoms with E-state index in [0.29, 0.717) is 18.1 Å². The van der Waals surface area contributed by atoms with Crippen LogP contribution < -0.4 is 5.32 Å². The second-order valence-electron chi connectivity index (χ2n) is 6.61. The molecule has 0 aromatic carbocycles. The van der Waals surface area contributed by atoms with Crippen LogP contribution in [0.5, 0.6) is 0 Å². The van der Waals surface area contributed by atoms with Gasteiger partial charge in [0, 0.05) is 30.9 Å². The van der Waals surface area contributed by atoms with Crippen LogP contribution in [0.25, 0.3) is 11.0 Å². The number of rotatable bonds is 6. The number of aliphatic hydroxyl groups excluding tert-OH is 1. The van der Waals surface area contributed by atoms with E-state index < -0.39 is 5.97 Å². The number of esters is 1. The fourth-order valence-corrected chi connectivity index (χ4v) is 3.38. The highest BCUT2D eigenvalue weighted by atomic mass is 16.6. The monoisotopic (exact) mass is 347 g/mol. The lowest BCUT2D eigenvalue weighted by Crippen LogP contribution is -2.36. The topological polar surface area (TPSA) is 96.5 Å². The van der Waals surface area contributed by atoms with Gasteiger partial charge in [-0.25, -0.2) is 9.78 Å². The zero-order valence-electron chi connectivity index (χ0n) is 14.6. The molecule has 2 heterocycles. The Bertz CT molecular complexity index is 730. The number of fused-ring (bicyclic) bond motifs is 1. The molecule has 0 spiro atoms. The van der Waals surface area contributed by atoms with Gasteiger partial charge in [0.25, 0.3) is 0 Å². The third-order valence-electron chi connectivity index (χ3n) is 4.80. The maximum absolute atomic E-state index is 12.5. The van der Waals surface area contributed by atoms with Crippen LogP contribution in [0, 0.1) is 5.92 Å². The molecule has 3 N–H and O–H groups in total. The number of nitrogens with zero attached hydrogens (tertiary/aromatic N) is 1. The number of aromatic amines is 1. The number of nitrogens with one attached hydrogen (secondary N) is 2. The highest BCUT2D eigenvalue weighted by Gasteiger charge is 2.28. The number of hydrogen-bond acceptors (Lipinski definition) is 6. The van der Waals surface area contributed by atoms with Crippen LogP contribution >= 0.6 is 0 Å². The van der Waals surface area contributed by atoms with E-state index in [2.05, 4.69) is 22.2 Å². The van der Waals surface area contributed by atoms with Crippen molar-refractivity contribution in [3.05, 3.63) is 24.0 Å². The van der Waals surface area contributed by atoms with Gasteiger partial charge in [-0.05, 0) is 31.2 Å². The minimum Gasteiger partial charge on any atom is -0.460 e. The van der Waals surface area contributed by atoms with Crippen molar-refractivity contribution in [2.75, 3.05) is 25.6 Å². The molecule has 2 aromatic rings. The summed E-state index contributed by atoms with van der Waals surface area (Å²) in [6.07, 6.45) is 5.48. The third kappa shape index (κ3) is 3.93. The van der Waals surface area contributed by atoms with Crippen LogP contribution in [0.1, 0.15) is 36.5 Å². The van der Waals surface area contributed by atoms with Crippen molar-refractivity contribution >= 4 is 22.7 Å². The first kappa shape index (κ1) is 17.7. The Hall–Kier alpha value is -2.12. The number of aliphatic hydroxyl groups is 1. The fourth-order valence-electron chi connectivity index (χ4n) is 3.38. The minimum absolute atomic E-state index is 0.189. The summed E-state index contributed by atoms with van der Waals surface area (Å²) in [4.78, 5) is 19.9. The number of hydrogen-bond donors (Lipinski definition) is 3. The SMILES string of the molecule is COCCOC(=O)c1cnc2[nH]ccc2c1NC1CCC(O)CC1C. The van der Waals surface area contributed by atoms with Crippen molar-refractivity contribution in [1.82, 2.24) is 9.97 Å². The predicted molar refractivity (Wildman–Crippen MR) is 94.7 cm³/mol. The van der Waals surface area contributed by atoms with Crippen molar-refractivity contribution in [3.63, 3.8) is 0 Å². The molecule has 136 valence electrons. The van der Waals surface area contributed by atoms with E-state index in [1.807, 2.05) is 6.07 Å². The zero-order valence-corrected chi connectivity index (χ0v) is 14.6. The Morgan fingerprint density at radius 2 is 2.28 bits per heavy atom. The van der Waals surface area contributed by atoms with E-state index in [0.717, 1.165) is 36.0 Å². The van der Waals surface area contributed by atoms with Crippen LogP contribution in [0.4, 0.5) is 5.69 Å². The first-order valence-electron chi connectivity index (χ1n) is 8.67. The van der Waals surface area contributed by atoms with Gasteiger partial charge in [-0.3, -0.25) is 0 Å². The van der Waals surface area contributed by atoms with Gasteiger partial charge in [-0.1, -0.05) is 6.92 Å². The lowest BCUT2D eigenvalue weighted by atomic mass is 9.84. The van der Waals surface area contributed by atoms with Crippen LogP contribution in [-0.2, 0) is 9.47 Å². The van der Waals surface area contributed by atoms with Gasteiger partial charge in [0.15, 0.2) is 0 Å². The Morgan fingerprint density at radius 1 is 1.44 bits per heavy atom. The fraction of sp³-hybridized carbons (Fsp3) is 0.556. The van der Waals surface area contributed by atoms with Gasteiger partial charge in [-0.15, -0.1) is 0 Å². The van der Waals surface area contributed by atoms with E-state index in [9.17, 15) is 9.90 Å². The Kier molecular flexibility index (Phi) is 5.55. The summed E-state index contributed by atoms with van der Waals surface area (Å²) in [5, 5.41) is 14.2. The zero-order chi connectivity index (χ0) is 17.8. The second kappa shape index (κ2) is 7.84. The second-order valence-corrected chi connectivity index (χ2v) is 6.61. The summed E-state index contributed by atoms with van der Waals surface area (Å²) in [6.45, 7) is 2.67. The maximum atomic E-state index is 12.5. The molecule has 7 nitrogen and oxygen atoms in total. The van der Waals surface area contributed by atoms with Crippen molar-refractivity contribution in [1.29, 1.82) is 0 Å². The highest BCUT2D eigenvalue weighted by molar-refractivity contribution is 6.04. The molecule has 2 aromatic heterocycles. The molecule has 1 saturated carbocycles. The van der Waals surface area contributed by atoms with E-state index in [1.165, 1.54) is 0 Å². The number of carbonyl (C=O) groups excluding carboxylic acids is 1. The van der Waals surface area contributed by atoms with Gasteiger partial charge in [0.05, 0.1) is 18.4 Å². The number of methoxy groups -OCH3 is 1. The number of aromatic nitrogens is 2. The van der Waals surface area contributed by atoms with E-state index in [4.69, 9.17) is 9.47 Å². The van der Waals surface area contributed by atoms with Crippen LogP contribution in [-0.4, -0.2) is 53.5 Å². The van der Waals surface area contributed by atoms with Gasteiger partial charge < -0.3 is 24.9 Å². The normalized spacial score (nSPS) is 23.6. The van der Waals surface area contributed by atoms with Crippen LogP contribution in [0.2, 0.25) is 0 Å². The summed E-state index contributed by atoms with van der Waals surface area (Å²) in [7, 11) is 1.56. The first-order valence-corrected chi connectivity index (χ1v) is 8.67. The first-order chi connectivity index (χ1) is 12.1. The van der Waals surface area contributed by atoms with Gasteiger partial charge >= 0.3 is 5.97 Å². The Balaban J connectivity index is 1.87. The minimum atomic E-state index is -0.418. The quantitative estimate of drug-likeness (QED) is 0.548. The van der Waals surface area contributed by atoms with Gasteiger partial charge in [-0.2, -0.15) is 0 Å². The Morgan fingerprint density at radius 3 is 3.04 bits per heavy atom. The number of pyridine rings is 1. The highest BCUT2D eigenvalue weighted by Crippen LogP contribution is 2.32. The standard InChI is InChI=1S/C18H25N3O4/c1-11-9-12(22)3-4-15(11)21-16-13-5-6-19-17(13)20-10-14(16)18(23)25-8-7-24-2/h5-6,10-12,15,22H,3-4,7-9H2,1-2H3,(H2,19,20,21). The molecule has 1 aliphatic carbocycles. The summed E-state index contributed by atoms with van der Waals surface area (Å²) in [5.41, 5.74) is 1.88. The summed E-state index contributed by atoms with van der Waals surface area (Å²) < 4.78 is 10.2. The third-order valence-corrected chi connectivity index (χ3v) is 4.80. The molecule has 3 unspecified atom stereocenters. The Labute approximate surface area is 146 Å². The molecule has 25 heavy (non-hydrogen) atoms. The molecule has 1 fully saturated rings. The number of anilines is 1.